The lowest BCUT2D eigenvalue weighted by Gasteiger charge is -2.31. The number of benzene rings is 1. The normalized spacial score (nSPS) is 32.1. The van der Waals surface area contributed by atoms with Gasteiger partial charge in [-0.05, 0) is 37.7 Å². The molecule has 0 spiro atoms. The van der Waals surface area contributed by atoms with Gasteiger partial charge in [-0.1, -0.05) is 30.3 Å². The van der Waals surface area contributed by atoms with Crippen molar-refractivity contribution in [3.05, 3.63) is 35.9 Å². The molecule has 128 valence electrons. The maximum absolute atomic E-state index is 12.7. The Balaban J connectivity index is 1.47. The van der Waals surface area contributed by atoms with Gasteiger partial charge >= 0.3 is 6.18 Å². The molecule has 2 atom stereocenters. The molecule has 2 nitrogen and oxygen atoms in total. The van der Waals surface area contributed by atoms with Gasteiger partial charge in [0.05, 0.1) is 12.0 Å². The predicted molar refractivity (Wildman–Crippen MR) is 83.0 cm³/mol. The molecule has 0 amide bonds. The van der Waals surface area contributed by atoms with Gasteiger partial charge in [-0.3, -0.25) is 0 Å². The van der Waals surface area contributed by atoms with Gasteiger partial charge in [0.15, 0.2) is 0 Å². The average molecular weight is 327 g/mol. The first-order chi connectivity index (χ1) is 11.0. The Bertz CT molecular complexity index is 483. The minimum absolute atomic E-state index is 0.107. The van der Waals surface area contributed by atoms with Crippen LogP contribution in [0.4, 0.5) is 13.2 Å². The highest BCUT2D eigenvalue weighted by molar-refractivity contribution is 5.19. The van der Waals surface area contributed by atoms with Crippen LogP contribution in [0.1, 0.15) is 43.8 Å². The molecule has 1 aromatic rings. The van der Waals surface area contributed by atoms with E-state index in [0.717, 1.165) is 19.6 Å². The molecule has 1 aliphatic heterocycles. The number of alkyl halides is 3. The van der Waals surface area contributed by atoms with Gasteiger partial charge in [0.25, 0.3) is 0 Å². The summed E-state index contributed by atoms with van der Waals surface area (Å²) in [7, 11) is 0. The zero-order chi connectivity index (χ0) is 16.3. The number of halogens is 3. The molecule has 2 fully saturated rings. The van der Waals surface area contributed by atoms with Gasteiger partial charge in [-0.15, -0.1) is 0 Å². The van der Waals surface area contributed by atoms with E-state index < -0.39 is 12.1 Å². The van der Waals surface area contributed by atoms with Crippen molar-refractivity contribution in [3.8, 4) is 0 Å². The monoisotopic (exact) mass is 327 g/mol. The van der Waals surface area contributed by atoms with Gasteiger partial charge in [0, 0.05) is 25.1 Å². The zero-order valence-electron chi connectivity index (χ0n) is 13.2. The molecule has 3 rings (SSSR count). The van der Waals surface area contributed by atoms with Gasteiger partial charge in [0.1, 0.15) is 0 Å². The summed E-state index contributed by atoms with van der Waals surface area (Å²) in [6, 6.07) is 10.4. The molecule has 1 aromatic carbocycles. The molecule has 5 heteroatoms. The topological polar surface area (TPSA) is 21.3 Å². The second-order valence-corrected chi connectivity index (χ2v) is 6.75. The Labute approximate surface area is 135 Å². The summed E-state index contributed by atoms with van der Waals surface area (Å²) in [4.78, 5) is 0. The largest absolute Gasteiger partial charge is 0.391 e. The summed E-state index contributed by atoms with van der Waals surface area (Å²) in [5.74, 6) is -0.704. The Hall–Kier alpha value is -1.07. The van der Waals surface area contributed by atoms with E-state index in [9.17, 15) is 13.2 Å². The third-order valence-corrected chi connectivity index (χ3v) is 5.20. The summed E-state index contributed by atoms with van der Waals surface area (Å²) in [6.45, 7) is 1.58. The van der Waals surface area contributed by atoms with Crippen LogP contribution in [0.3, 0.4) is 0 Å². The van der Waals surface area contributed by atoms with E-state index in [0.29, 0.717) is 18.8 Å². The number of ether oxygens (including phenoxy) is 1. The highest BCUT2D eigenvalue weighted by Gasteiger charge is 2.41. The molecule has 1 aliphatic carbocycles. The first-order valence-corrected chi connectivity index (χ1v) is 8.50. The maximum atomic E-state index is 12.7. The van der Waals surface area contributed by atoms with Crippen LogP contribution >= 0.6 is 0 Å². The first kappa shape index (κ1) is 16.8. The molecule has 23 heavy (non-hydrogen) atoms. The second-order valence-electron chi connectivity index (χ2n) is 6.75. The summed E-state index contributed by atoms with van der Waals surface area (Å²) in [6.07, 6.45) is -1.17. The Morgan fingerprint density at radius 3 is 2.35 bits per heavy atom. The minimum Gasteiger partial charge on any atom is -0.373 e. The fourth-order valence-corrected chi connectivity index (χ4v) is 3.80. The molecule has 2 aliphatic rings. The van der Waals surface area contributed by atoms with Gasteiger partial charge in [-0.25, -0.2) is 0 Å². The first-order valence-electron chi connectivity index (χ1n) is 8.50. The lowest BCUT2D eigenvalue weighted by atomic mass is 9.85. The molecular formula is C18H24F3NO. The zero-order valence-corrected chi connectivity index (χ0v) is 13.2. The molecule has 1 saturated carbocycles. The third kappa shape index (κ3) is 4.27. The van der Waals surface area contributed by atoms with Crippen molar-refractivity contribution >= 4 is 0 Å². The van der Waals surface area contributed by atoms with Crippen LogP contribution in [-0.4, -0.2) is 25.4 Å². The van der Waals surface area contributed by atoms with E-state index in [4.69, 9.17) is 4.74 Å². The molecule has 1 heterocycles. The molecular weight excluding hydrogens is 303 g/mol. The SMILES string of the molecule is FC(F)(F)C1CCC(NC[C@H]2CCO[C@@H]2c2ccccc2)CC1. The summed E-state index contributed by atoms with van der Waals surface area (Å²) in [5.41, 5.74) is 1.19. The third-order valence-electron chi connectivity index (χ3n) is 5.20. The Morgan fingerprint density at radius 2 is 1.70 bits per heavy atom. The summed E-state index contributed by atoms with van der Waals surface area (Å²) < 4.78 is 44.0. The Kier molecular flexibility index (Phi) is 5.27. The van der Waals surface area contributed by atoms with E-state index in [1.165, 1.54) is 5.56 Å². The summed E-state index contributed by atoms with van der Waals surface area (Å²) in [5, 5.41) is 3.49. The summed E-state index contributed by atoms with van der Waals surface area (Å²) >= 11 is 0. The molecule has 1 saturated heterocycles. The standard InChI is InChI=1S/C18H24F3NO/c19-18(20,21)15-6-8-16(9-7-15)22-12-14-10-11-23-17(14)13-4-2-1-3-5-13/h1-5,14-17,22H,6-12H2/t14-,15?,16?,17-/m1/s1. The molecule has 0 aromatic heterocycles. The number of rotatable bonds is 4. The quantitative estimate of drug-likeness (QED) is 0.881. The van der Waals surface area contributed by atoms with E-state index in [-0.39, 0.29) is 25.0 Å². The highest BCUT2D eigenvalue weighted by Crippen LogP contribution is 2.38. The fraction of sp³-hybridized carbons (Fsp3) is 0.667. The smallest absolute Gasteiger partial charge is 0.373 e. The second kappa shape index (κ2) is 7.22. The van der Waals surface area contributed by atoms with Gasteiger partial charge < -0.3 is 10.1 Å². The highest BCUT2D eigenvalue weighted by atomic mass is 19.4. The lowest BCUT2D eigenvalue weighted by Crippen LogP contribution is -2.39. The van der Waals surface area contributed by atoms with Crippen molar-refractivity contribution in [3.63, 3.8) is 0 Å². The molecule has 0 bridgehead atoms. The molecule has 0 radical (unpaired) electrons. The predicted octanol–water partition coefficient (Wildman–Crippen LogP) is 4.47. The van der Waals surface area contributed by atoms with Crippen LogP contribution in [0.15, 0.2) is 30.3 Å². The van der Waals surface area contributed by atoms with Crippen molar-refractivity contribution < 1.29 is 17.9 Å². The lowest BCUT2D eigenvalue weighted by molar-refractivity contribution is -0.182. The molecule has 1 N–H and O–H groups in total. The van der Waals surface area contributed by atoms with E-state index in [1.807, 2.05) is 18.2 Å². The van der Waals surface area contributed by atoms with E-state index >= 15 is 0 Å². The van der Waals surface area contributed by atoms with Gasteiger partial charge in [-0.2, -0.15) is 13.2 Å². The van der Waals surface area contributed by atoms with Crippen LogP contribution in [0, 0.1) is 11.8 Å². The van der Waals surface area contributed by atoms with Crippen LogP contribution in [0.5, 0.6) is 0 Å². The van der Waals surface area contributed by atoms with Crippen molar-refractivity contribution in [2.45, 2.75) is 50.4 Å². The fourth-order valence-electron chi connectivity index (χ4n) is 3.80. The van der Waals surface area contributed by atoms with Crippen LogP contribution in [-0.2, 0) is 4.74 Å². The van der Waals surface area contributed by atoms with E-state index in [1.54, 1.807) is 0 Å². The molecule has 0 unspecified atom stereocenters. The maximum Gasteiger partial charge on any atom is 0.391 e. The van der Waals surface area contributed by atoms with Crippen molar-refractivity contribution in [2.75, 3.05) is 13.2 Å². The van der Waals surface area contributed by atoms with Crippen molar-refractivity contribution in [1.29, 1.82) is 0 Å². The Morgan fingerprint density at radius 1 is 1.00 bits per heavy atom. The van der Waals surface area contributed by atoms with Crippen LogP contribution in [0.25, 0.3) is 0 Å². The van der Waals surface area contributed by atoms with Crippen molar-refractivity contribution in [1.82, 2.24) is 5.32 Å². The number of hydrogen-bond acceptors (Lipinski definition) is 2. The van der Waals surface area contributed by atoms with Crippen LogP contribution < -0.4 is 5.32 Å². The van der Waals surface area contributed by atoms with Gasteiger partial charge in [0.2, 0.25) is 0 Å². The van der Waals surface area contributed by atoms with E-state index in [2.05, 4.69) is 17.4 Å². The number of nitrogens with one attached hydrogen (secondary N) is 1. The van der Waals surface area contributed by atoms with Crippen LogP contribution in [0.2, 0.25) is 0 Å². The minimum atomic E-state index is -4.03. The van der Waals surface area contributed by atoms with Crippen molar-refractivity contribution in [2.24, 2.45) is 11.8 Å². The number of hydrogen-bond donors (Lipinski definition) is 1. The average Bonchev–Trinajstić information content (AvgIpc) is 3.02.